The van der Waals surface area contributed by atoms with Crippen LogP contribution in [0.2, 0.25) is 0 Å². The van der Waals surface area contributed by atoms with Crippen LogP contribution in [0.1, 0.15) is 11.0 Å². The van der Waals surface area contributed by atoms with Crippen molar-refractivity contribution in [1.29, 1.82) is 0 Å². The molecule has 0 aliphatic heterocycles. The van der Waals surface area contributed by atoms with Gasteiger partial charge in [-0.2, -0.15) is 0 Å². The van der Waals surface area contributed by atoms with Crippen LogP contribution in [0.4, 0.5) is 0 Å². The smallest absolute Gasteiger partial charge is 0.151 e. The maximum atomic E-state index is 10.8. The molecule has 0 rings (SSSR count). The summed E-state index contributed by atoms with van der Waals surface area (Å²) in [7, 11) is -1.31. The number of aliphatic hydroxyl groups excluding tert-OH is 1. The summed E-state index contributed by atoms with van der Waals surface area (Å²) in [5.41, 5.74) is 0. The Morgan fingerprint density at radius 1 is 1.21 bits per heavy atom. The van der Waals surface area contributed by atoms with Crippen LogP contribution >= 0.6 is 0 Å². The number of carbonyl (C=O) groups is 1. The third-order valence-corrected chi connectivity index (χ3v) is 1.83. The summed E-state index contributed by atoms with van der Waals surface area (Å²) >= 11 is 0. The first-order valence-electron chi connectivity index (χ1n) is 6.10. The van der Waals surface area contributed by atoms with Gasteiger partial charge in [0, 0.05) is 21.3 Å². The average molecular weight is 209 g/mol. The maximum absolute atomic E-state index is 10.8. The van der Waals surface area contributed by atoms with E-state index in [0.717, 1.165) is 0 Å². The Morgan fingerprint density at radius 2 is 1.79 bits per heavy atom. The van der Waals surface area contributed by atoms with E-state index in [-0.39, 0.29) is 0 Å². The van der Waals surface area contributed by atoms with Gasteiger partial charge in [-0.1, -0.05) is 0 Å². The van der Waals surface area contributed by atoms with E-state index in [1.165, 1.54) is 6.92 Å². The van der Waals surface area contributed by atoms with Crippen molar-refractivity contribution >= 4 is 6.29 Å². The van der Waals surface area contributed by atoms with Gasteiger partial charge in [0.05, 0.1) is 10.2 Å². The van der Waals surface area contributed by atoms with Crippen molar-refractivity contribution in [2.75, 3.05) is 21.3 Å². The van der Waals surface area contributed by atoms with E-state index in [2.05, 4.69) is 0 Å². The van der Waals surface area contributed by atoms with Gasteiger partial charge in [-0.3, -0.25) is 0 Å². The topological polar surface area (TPSA) is 65.0 Å². The molecule has 0 aromatic rings. The molecule has 0 heterocycles. The second kappa shape index (κ2) is 6.89. The number of carbonyl (C=O) groups excluding carboxylic acids is 1. The highest BCUT2D eigenvalue weighted by Gasteiger charge is 2.32. The lowest BCUT2D eigenvalue weighted by Crippen LogP contribution is -2.47. The summed E-state index contributed by atoms with van der Waals surface area (Å²) in [4.78, 5) is 10.8. The summed E-state index contributed by atoms with van der Waals surface area (Å²) in [5, 5.41) is 9.49. The molecule has 0 aliphatic rings. The number of aldehydes is 1. The molecule has 0 aromatic carbocycles. The van der Waals surface area contributed by atoms with E-state index in [1.54, 1.807) is 0 Å². The first-order valence-corrected chi connectivity index (χ1v) is 3.98. The Hall–Kier alpha value is -0.490. The second-order valence-corrected chi connectivity index (χ2v) is 2.77. The van der Waals surface area contributed by atoms with E-state index in [9.17, 15) is 9.90 Å². The summed E-state index contributed by atoms with van der Waals surface area (Å²) in [5.74, 6) is 0. The van der Waals surface area contributed by atoms with Crippen molar-refractivity contribution in [3.63, 3.8) is 0 Å². The molecule has 1 N–H and O–H groups in total. The van der Waals surface area contributed by atoms with Gasteiger partial charge >= 0.3 is 0 Å². The Bertz CT molecular complexity index is 205. The quantitative estimate of drug-likeness (QED) is 0.578. The molecule has 84 valence electrons. The van der Waals surface area contributed by atoms with Crippen LogP contribution in [-0.2, 0) is 19.0 Å². The van der Waals surface area contributed by atoms with Gasteiger partial charge in [-0.05, 0) is 6.92 Å². The Balaban J connectivity index is 4.79. The zero-order valence-corrected chi connectivity index (χ0v) is 8.09. The maximum Gasteiger partial charge on any atom is 0.151 e. The van der Waals surface area contributed by atoms with Gasteiger partial charge in [0.1, 0.15) is 18.3 Å². The van der Waals surface area contributed by atoms with Gasteiger partial charge < -0.3 is 24.1 Å². The molecule has 0 aliphatic carbocycles. The van der Waals surface area contributed by atoms with E-state index in [1.807, 2.05) is 0 Å². The summed E-state index contributed by atoms with van der Waals surface area (Å²) in [6.45, 7) is 1.42. The van der Waals surface area contributed by atoms with Crippen molar-refractivity contribution < 1.29 is 28.2 Å². The highest BCUT2D eigenvalue weighted by atomic mass is 16.6. The summed E-state index contributed by atoms with van der Waals surface area (Å²) in [6.07, 6.45) is -3.64. The highest BCUT2D eigenvalue weighted by Crippen LogP contribution is 2.12. The lowest BCUT2D eigenvalue weighted by molar-refractivity contribution is -0.149. The number of ether oxygens (including phenoxy) is 3. The summed E-state index contributed by atoms with van der Waals surface area (Å²) < 4.78 is 35.6. The number of aliphatic hydroxyl groups is 1. The van der Waals surface area contributed by atoms with Gasteiger partial charge in [0.2, 0.25) is 0 Å². The number of hydrogen-bond donors (Lipinski definition) is 1. The fraction of sp³-hybridized carbons (Fsp3) is 0.889. The zero-order chi connectivity index (χ0) is 13.3. The van der Waals surface area contributed by atoms with Gasteiger partial charge in [0.25, 0.3) is 0 Å². The normalized spacial score (nSPS) is 22.6. The Kier molecular flexibility index (Phi) is 4.33. The minimum Gasteiger partial charge on any atom is -0.391 e. The van der Waals surface area contributed by atoms with Crippen molar-refractivity contribution in [2.45, 2.75) is 31.3 Å². The molecule has 0 fully saturated rings. The zero-order valence-electron chi connectivity index (χ0n) is 11.1. The summed E-state index contributed by atoms with van der Waals surface area (Å²) in [6, 6.07) is 0. The molecule has 4 atom stereocenters. The first kappa shape index (κ1) is 8.79. The standard InChI is InChI=1S/C9H18O5/c1-6(11)8(13-3)9(14-4)7(5-10)12-2/h5-9,11H,1-4H3/t6-,7+,8-,9-/m1/s1/i2D,3D,4D. The Labute approximate surface area is 88.2 Å². The molecule has 5 heteroatoms. The molecule has 0 amide bonds. The van der Waals surface area contributed by atoms with Crippen molar-refractivity contribution in [3.8, 4) is 0 Å². The Morgan fingerprint density at radius 3 is 2.21 bits per heavy atom. The fourth-order valence-corrected chi connectivity index (χ4v) is 1.10. The highest BCUT2D eigenvalue weighted by molar-refractivity contribution is 5.57. The van der Waals surface area contributed by atoms with Crippen LogP contribution in [-0.4, -0.2) is 57.1 Å². The van der Waals surface area contributed by atoms with E-state index >= 15 is 0 Å². The van der Waals surface area contributed by atoms with Crippen molar-refractivity contribution in [1.82, 2.24) is 0 Å². The van der Waals surface area contributed by atoms with Crippen LogP contribution in [0.15, 0.2) is 0 Å². The molecule has 0 saturated heterocycles. The molecule has 0 unspecified atom stereocenters. The lowest BCUT2D eigenvalue weighted by Gasteiger charge is -2.29. The van der Waals surface area contributed by atoms with Gasteiger partial charge in [-0.15, -0.1) is 0 Å². The third-order valence-electron chi connectivity index (χ3n) is 1.83. The van der Waals surface area contributed by atoms with Crippen LogP contribution in [0.25, 0.3) is 0 Å². The SMILES string of the molecule is [2H]CO[C@@H]([C@H](OC[2H])[C@@H](C)O)[C@H](C=O)OC[2H]. The van der Waals surface area contributed by atoms with Crippen molar-refractivity contribution in [3.05, 3.63) is 0 Å². The van der Waals surface area contributed by atoms with Gasteiger partial charge in [0.15, 0.2) is 6.29 Å². The molecule has 0 bridgehead atoms. The van der Waals surface area contributed by atoms with Crippen molar-refractivity contribution in [2.24, 2.45) is 0 Å². The van der Waals surface area contributed by atoms with Crippen LogP contribution < -0.4 is 0 Å². The number of methoxy groups -OCH3 is 3. The predicted octanol–water partition coefficient (Wildman–Crippen LogP) is -0.389. The molecule has 5 nitrogen and oxygen atoms in total. The minimum atomic E-state index is -1.11. The van der Waals surface area contributed by atoms with Crippen LogP contribution in [0.3, 0.4) is 0 Å². The van der Waals surface area contributed by atoms with Crippen LogP contribution in [0, 0.1) is 0 Å². The van der Waals surface area contributed by atoms with Crippen LogP contribution in [0.5, 0.6) is 0 Å². The van der Waals surface area contributed by atoms with E-state index < -0.39 is 45.7 Å². The average Bonchev–Trinajstić information content (AvgIpc) is 2.30. The monoisotopic (exact) mass is 209 g/mol. The molecule has 0 radical (unpaired) electrons. The lowest BCUT2D eigenvalue weighted by atomic mass is 10.0. The fourth-order valence-electron chi connectivity index (χ4n) is 1.10. The van der Waals surface area contributed by atoms with E-state index in [4.69, 9.17) is 18.3 Å². The molecule has 14 heavy (non-hydrogen) atoms. The third kappa shape index (κ3) is 3.34. The second-order valence-electron chi connectivity index (χ2n) is 2.77. The molecule has 0 aromatic heterocycles. The largest absolute Gasteiger partial charge is 0.391 e. The molecular formula is C9H18O5. The predicted molar refractivity (Wildman–Crippen MR) is 50.1 cm³/mol. The molecule has 0 spiro atoms. The number of hydrogen-bond acceptors (Lipinski definition) is 5. The van der Waals surface area contributed by atoms with E-state index in [0.29, 0.717) is 6.29 Å². The van der Waals surface area contributed by atoms with Gasteiger partial charge in [-0.25, -0.2) is 0 Å². The number of rotatable bonds is 7. The molecular weight excluding hydrogens is 188 g/mol. The molecule has 0 saturated carbocycles. The first-order chi connectivity index (χ1) is 8.12. The minimum absolute atomic E-state index is 0.417.